The van der Waals surface area contributed by atoms with Gasteiger partial charge in [-0.05, 0) is 31.0 Å². The van der Waals surface area contributed by atoms with Crippen molar-refractivity contribution in [1.29, 1.82) is 0 Å². The number of aromatic nitrogens is 1. The minimum Gasteiger partial charge on any atom is -0.361 e. The Bertz CT molecular complexity index is 883. The van der Waals surface area contributed by atoms with Crippen molar-refractivity contribution in [2.24, 2.45) is 0 Å². The third-order valence-corrected chi connectivity index (χ3v) is 5.17. The minimum atomic E-state index is -0.569. The predicted octanol–water partition coefficient (Wildman–Crippen LogP) is 1.57. The van der Waals surface area contributed by atoms with Crippen LogP contribution in [0.2, 0.25) is 0 Å². The number of likely N-dealkylation sites (tertiary alicyclic amines) is 1. The summed E-state index contributed by atoms with van der Waals surface area (Å²) in [6, 6.07) is 7.85. The van der Waals surface area contributed by atoms with Gasteiger partial charge in [-0.2, -0.15) is 0 Å². The van der Waals surface area contributed by atoms with Crippen molar-refractivity contribution in [3.05, 3.63) is 53.2 Å². The summed E-state index contributed by atoms with van der Waals surface area (Å²) in [4.78, 5) is 27.1. The molecule has 2 aliphatic heterocycles. The molecule has 2 aliphatic rings. The molecule has 1 spiro atoms. The standard InChI is InChI=1S/C19H21FN4O3/c1-13-7-16(22-27-13)11-23-6-5-19(12-23)10-17(25)21-24(19)18(26)9-14-3-2-4-15(20)8-14/h2-4,7-8H,5-6,9-12H2,1H3,(H,21,25). The van der Waals surface area contributed by atoms with E-state index in [4.69, 9.17) is 4.52 Å². The Morgan fingerprint density at radius 1 is 1.41 bits per heavy atom. The average Bonchev–Trinajstić information content (AvgIpc) is 3.28. The Morgan fingerprint density at radius 3 is 3.00 bits per heavy atom. The second kappa shape index (κ2) is 6.77. The first-order valence-corrected chi connectivity index (χ1v) is 8.95. The van der Waals surface area contributed by atoms with Crippen LogP contribution in [-0.2, 0) is 22.6 Å². The van der Waals surface area contributed by atoms with Gasteiger partial charge in [0.1, 0.15) is 11.6 Å². The first kappa shape index (κ1) is 17.7. The van der Waals surface area contributed by atoms with Gasteiger partial charge in [0.05, 0.1) is 24.1 Å². The number of nitrogens with one attached hydrogen (secondary N) is 1. The van der Waals surface area contributed by atoms with E-state index in [2.05, 4.69) is 15.5 Å². The zero-order valence-corrected chi connectivity index (χ0v) is 15.1. The van der Waals surface area contributed by atoms with E-state index in [1.807, 2.05) is 13.0 Å². The van der Waals surface area contributed by atoms with Gasteiger partial charge in [0, 0.05) is 25.7 Å². The second-order valence-electron chi connectivity index (χ2n) is 7.36. The third kappa shape index (κ3) is 3.57. The molecule has 1 atom stereocenters. The summed E-state index contributed by atoms with van der Waals surface area (Å²) in [5.41, 5.74) is 3.55. The molecule has 2 aromatic rings. The van der Waals surface area contributed by atoms with Crippen molar-refractivity contribution >= 4 is 11.8 Å². The molecule has 0 aliphatic carbocycles. The maximum Gasteiger partial charge on any atom is 0.245 e. The summed E-state index contributed by atoms with van der Waals surface area (Å²) >= 11 is 0. The number of hydrogen-bond acceptors (Lipinski definition) is 5. The van der Waals surface area contributed by atoms with Crippen LogP contribution in [0.4, 0.5) is 4.39 Å². The summed E-state index contributed by atoms with van der Waals surface area (Å²) < 4.78 is 18.5. The highest BCUT2D eigenvalue weighted by Crippen LogP contribution is 2.35. The number of carbonyl (C=O) groups is 2. The van der Waals surface area contributed by atoms with Crippen LogP contribution in [0.1, 0.15) is 29.9 Å². The summed E-state index contributed by atoms with van der Waals surface area (Å²) in [7, 11) is 0. The van der Waals surface area contributed by atoms with Crippen LogP contribution in [-0.4, -0.2) is 45.5 Å². The van der Waals surface area contributed by atoms with Gasteiger partial charge in [-0.1, -0.05) is 17.3 Å². The Morgan fingerprint density at radius 2 is 2.26 bits per heavy atom. The lowest BCUT2D eigenvalue weighted by molar-refractivity contribution is -0.140. The van der Waals surface area contributed by atoms with Crippen LogP contribution in [0, 0.1) is 12.7 Å². The van der Waals surface area contributed by atoms with E-state index >= 15 is 0 Å². The largest absolute Gasteiger partial charge is 0.361 e. The normalized spacial score (nSPS) is 22.6. The van der Waals surface area contributed by atoms with Gasteiger partial charge in [0.15, 0.2) is 0 Å². The molecule has 3 heterocycles. The molecule has 1 aromatic heterocycles. The molecule has 4 rings (SSSR count). The molecule has 1 aromatic carbocycles. The van der Waals surface area contributed by atoms with E-state index < -0.39 is 5.54 Å². The highest BCUT2D eigenvalue weighted by atomic mass is 19.1. The lowest BCUT2D eigenvalue weighted by Crippen LogP contribution is -2.53. The van der Waals surface area contributed by atoms with Gasteiger partial charge in [-0.25, -0.2) is 9.40 Å². The fraction of sp³-hybridized carbons (Fsp3) is 0.421. The molecule has 7 nitrogen and oxygen atoms in total. The van der Waals surface area contributed by atoms with E-state index in [1.165, 1.54) is 17.1 Å². The number of aryl methyl sites for hydroxylation is 1. The van der Waals surface area contributed by atoms with Crippen LogP contribution >= 0.6 is 0 Å². The highest BCUT2D eigenvalue weighted by molar-refractivity contribution is 5.88. The maximum atomic E-state index is 13.4. The number of halogens is 1. The molecule has 2 amide bonds. The Kier molecular flexibility index (Phi) is 4.43. The SMILES string of the molecule is Cc1cc(CN2CCC3(CC(=O)NN3C(=O)Cc3cccc(F)c3)C2)no1. The predicted molar refractivity (Wildman–Crippen MR) is 93.6 cm³/mol. The Hall–Kier alpha value is -2.74. The van der Waals surface area contributed by atoms with E-state index in [0.717, 1.165) is 18.0 Å². The van der Waals surface area contributed by atoms with Gasteiger partial charge >= 0.3 is 0 Å². The average molecular weight is 372 g/mol. The maximum absolute atomic E-state index is 13.4. The van der Waals surface area contributed by atoms with Gasteiger partial charge in [-0.3, -0.25) is 19.9 Å². The molecule has 1 unspecified atom stereocenters. The van der Waals surface area contributed by atoms with Crippen LogP contribution in [0.3, 0.4) is 0 Å². The fourth-order valence-corrected chi connectivity index (χ4v) is 4.01. The second-order valence-corrected chi connectivity index (χ2v) is 7.36. The van der Waals surface area contributed by atoms with Crippen molar-refractivity contribution in [1.82, 2.24) is 20.5 Å². The molecule has 142 valence electrons. The minimum absolute atomic E-state index is 0.0439. The number of amides is 2. The number of carbonyl (C=O) groups excluding carboxylic acids is 2. The highest BCUT2D eigenvalue weighted by Gasteiger charge is 2.51. The van der Waals surface area contributed by atoms with Crippen LogP contribution in [0.25, 0.3) is 0 Å². The lowest BCUT2D eigenvalue weighted by atomic mass is 9.94. The summed E-state index contributed by atoms with van der Waals surface area (Å²) in [5, 5.41) is 5.48. The zero-order valence-electron chi connectivity index (χ0n) is 15.1. The lowest BCUT2D eigenvalue weighted by Gasteiger charge is -2.33. The molecule has 2 fully saturated rings. The molecule has 2 saturated heterocycles. The topological polar surface area (TPSA) is 78.7 Å². The molecular formula is C19H21FN4O3. The van der Waals surface area contributed by atoms with Crippen LogP contribution in [0.15, 0.2) is 34.9 Å². The van der Waals surface area contributed by atoms with Crippen molar-refractivity contribution < 1.29 is 18.5 Å². The number of benzene rings is 1. The molecule has 0 radical (unpaired) electrons. The number of hydrazine groups is 1. The number of nitrogens with zero attached hydrogens (tertiary/aromatic N) is 3. The Labute approximate surface area is 156 Å². The molecule has 1 N–H and O–H groups in total. The Balaban J connectivity index is 1.47. The monoisotopic (exact) mass is 372 g/mol. The van der Waals surface area contributed by atoms with Crippen molar-refractivity contribution in [2.75, 3.05) is 13.1 Å². The zero-order chi connectivity index (χ0) is 19.0. The van der Waals surface area contributed by atoms with Crippen LogP contribution in [0.5, 0.6) is 0 Å². The van der Waals surface area contributed by atoms with E-state index in [0.29, 0.717) is 25.1 Å². The number of rotatable bonds is 4. The summed E-state index contributed by atoms with van der Waals surface area (Å²) in [6.45, 7) is 3.78. The summed E-state index contributed by atoms with van der Waals surface area (Å²) in [5.74, 6) is -0.0220. The summed E-state index contributed by atoms with van der Waals surface area (Å²) in [6.07, 6.45) is 1.01. The van der Waals surface area contributed by atoms with Gasteiger partial charge in [0.25, 0.3) is 0 Å². The van der Waals surface area contributed by atoms with Crippen molar-refractivity contribution in [3.8, 4) is 0 Å². The first-order chi connectivity index (χ1) is 12.9. The van der Waals surface area contributed by atoms with E-state index in [-0.39, 0.29) is 30.5 Å². The van der Waals surface area contributed by atoms with Gasteiger partial charge in [-0.15, -0.1) is 0 Å². The quantitative estimate of drug-likeness (QED) is 0.882. The molecule has 27 heavy (non-hydrogen) atoms. The molecule has 8 heteroatoms. The first-order valence-electron chi connectivity index (χ1n) is 8.95. The van der Waals surface area contributed by atoms with Gasteiger partial charge in [0.2, 0.25) is 11.8 Å². The van der Waals surface area contributed by atoms with E-state index in [1.54, 1.807) is 12.1 Å². The third-order valence-electron chi connectivity index (χ3n) is 5.17. The fourth-order valence-electron chi connectivity index (χ4n) is 4.01. The molecule has 0 bridgehead atoms. The van der Waals surface area contributed by atoms with Gasteiger partial charge < -0.3 is 4.52 Å². The smallest absolute Gasteiger partial charge is 0.245 e. The van der Waals surface area contributed by atoms with Crippen molar-refractivity contribution in [2.45, 2.75) is 38.3 Å². The number of hydrogen-bond donors (Lipinski definition) is 1. The van der Waals surface area contributed by atoms with E-state index in [9.17, 15) is 14.0 Å². The van der Waals surface area contributed by atoms with Crippen LogP contribution < -0.4 is 5.43 Å². The molecule has 0 saturated carbocycles. The molecular weight excluding hydrogens is 351 g/mol. The van der Waals surface area contributed by atoms with Crippen molar-refractivity contribution in [3.63, 3.8) is 0 Å².